The molecule has 0 bridgehead atoms. The molecule has 0 aliphatic heterocycles. The highest BCUT2D eigenvalue weighted by Crippen LogP contribution is 2.31. The van der Waals surface area contributed by atoms with Crippen molar-refractivity contribution in [3.63, 3.8) is 0 Å². The van der Waals surface area contributed by atoms with Gasteiger partial charge in [0.2, 0.25) is 5.95 Å². The highest BCUT2D eigenvalue weighted by atomic mass is 32.1. The van der Waals surface area contributed by atoms with Gasteiger partial charge in [-0.1, -0.05) is 32.9 Å². The largest absolute Gasteiger partial charge is 0.480 e. The first-order valence-electron chi connectivity index (χ1n) is 8.37. The highest BCUT2D eigenvalue weighted by molar-refractivity contribution is 7.18. The summed E-state index contributed by atoms with van der Waals surface area (Å²) in [7, 11) is 0. The smallest absolute Gasteiger partial charge is 0.326 e. The number of carboxylic acids is 1. The number of nitriles is 1. The summed E-state index contributed by atoms with van der Waals surface area (Å²) in [5, 5.41) is 22.7. The molecular weight excluding hydrogens is 362 g/mol. The van der Waals surface area contributed by atoms with Gasteiger partial charge in [-0.2, -0.15) is 5.26 Å². The molecular formula is C19H19N5O2S. The van der Waals surface area contributed by atoms with Gasteiger partial charge in [-0.05, 0) is 23.6 Å². The van der Waals surface area contributed by atoms with E-state index in [2.05, 4.69) is 26.3 Å². The number of aromatic nitrogens is 3. The number of rotatable bonds is 5. The third-order valence-corrected chi connectivity index (χ3v) is 5.15. The van der Waals surface area contributed by atoms with Crippen LogP contribution in [0, 0.1) is 16.7 Å². The van der Waals surface area contributed by atoms with Crippen LogP contribution in [0.1, 0.15) is 37.4 Å². The molecule has 0 radical (unpaired) electrons. The maximum Gasteiger partial charge on any atom is 0.326 e. The molecule has 0 aliphatic carbocycles. The van der Waals surface area contributed by atoms with Crippen molar-refractivity contribution in [2.45, 2.75) is 32.7 Å². The number of anilines is 1. The maximum atomic E-state index is 11.6. The number of hydrogen-bond donors (Lipinski definition) is 2. The summed E-state index contributed by atoms with van der Waals surface area (Å²) in [6, 6.07) is 10.7. The minimum atomic E-state index is -0.987. The lowest BCUT2D eigenvalue weighted by atomic mass is 9.87. The summed E-state index contributed by atoms with van der Waals surface area (Å²) in [5.41, 5.74) is 0.781. The predicted octanol–water partition coefficient (Wildman–Crippen LogP) is 3.65. The third-order valence-electron chi connectivity index (χ3n) is 4.05. The topological polar surface area (TPSA) is 112 Å². The number of nitrogens with one attached hydrogen (secondary N) is 1. The highest BCUT2D eigenvalue weighted by Gasteiger charge is 2.32. The van der Waals surface area contributed by atoms with Crippen molar-refractivity contribution in [3.05, 3.63) is 47.2 Å². The van der Waals surface area contributed by atoms with Gasteiger partial charge >= 0.3 is 5.97 Å². The average molecular weight is 381 g/mol. The van der Waals surface area contributed by atoms with Crippen molar-refractivity contribution in [2.75, 3.05) is 5.32 Å². The summed E-state index contributed by atoms with van der Waals surface area (Å²) in [4.78, 5) is 24.6. The SMILES string of the molecule is CC(C)(C)C(Nc1nccc(C(C#N)c2nc3ccccc3s2)n1)C(=O)O. The summed E-state index contributed by atoms with van der Waals surface area (Å²) in [6.07, 6.45) is 1.52. The molecule has 0 aliphatic rings. The van der Waals surface area contributed by atoms with Crippen molar-refractivity contribution in [1.29, 1.82) is 5.26 Å². The Kier molecular flexibility index (Phi) is 5.06. The van der Waals surface area contributed by atoms with E-state index < -0.39 is 23.3 Å². The van der Waals surface area contributed by atoms with Gasteiger partial charge in [-0.3, -0.25) is 0 Å². The van der Waals surface area contributed by atoms with E-state index in [1.54, 1.807) is 6.07 Å². The first kappa shape index (κ1) is 18.7. The van der Waals surface area contributed by atoms with Crippen LogP contribution in [0.4, 0.5) is 5.95 Å². The molecule has 0 fully saturated rings. The molecule has 3 rings (SSSR count). The summed E-state index contributed by atoms with van der Waals surface area (Å²) >= 11 is 1.45. The van der Waals surface area contributed by atoms with E-state index in [0.29, 0.717) is 10.7 Å². The number of hydrogen-bond acceptors (Lipinski definition) is 7. The van der Waals surface area contributed by atoms with Crippen LogP contribution in [0.2, 0.25) is 0 Å². The molecule has 27 heavy (non-hydrogen) atoms. The Morgan fingerprint density at radius 3 is 2.63 bits per heavy atom. The van der Waals surface area contributed by atoms with E-state index in [9.17, 15) is 15.2 Å². The van der Waals surface area contributed by atoms with Crippen LogP contribution in [-0.4, -0.2) is 32.1 Å². The predicted molar refractivity (Wildman–Crippen MR) is 104 cm³/mol. The molecule has 2 unspecified atom stereocenters. The lowest BCUT2D eigenvalue weighted by Gasteiger charge is -2.27. The van der Waals surface area contributed by atoms with Crippen LogP contribution in [0.25, 0.3) is 10.2 Å². The average Bonchev–Trinajstić information content (AvgIpc) is 3.03. The molecule has 7 nitrogen and oxygen atoms in total. The van der Waals surface area contributed by atoms with Gasteiger partial charge in [0.25, 0.3) is 0 Å². The lowest BCUT2D eigenvalue weighted by molar-refractivity contribution is -0.140. The Labute approximate surface area is 160 Å². The van der Waals surface area contributed by atoms with E-state index in [4.69, 9.17) is 0 Å². The quantitative estimate of drug-likeness (QED) is 0.693. The molecule has 2 aromatic heterocycles. The van der Waals surface area contributed by atoms with Crippen LogP contribution in [0.15, 0.2) is 36.5 Å². The van der Waals surface area contributed by atoms with Crippen LogP contribution >= 0.6 is 11.3 Å². The first-order chi connectivity index (χ1) is 12.8. The van der Waals surface area contributed by atoms with Crippen LogP contribution < -0.4 is 5.32 Å². The molecule has 0 amide bonds. The minimum absolute atomic E-state index is 0.177. The fourth-order valence-electron chi connectivity index (χ4n) is 2.64. The molecule has 2 atom stereocenters. The van der Waals surface area contributed by atoms with Crippen LogP contribution in [-0.2, 0) is 4.79 Å². The second kappa shape index (κ2) is 7.29. The fraction of sp³-hybridized carbons (Fsp3) is 0.316. The number of carboxylic acid groups (broad SMARTS) is 1. The Bertz CT molecular complexity index is 986. The van der Waals surface area contributed by atoms with Gasteiger partial charge in [0, 0.05) is 6.20 Å². The zero-order valence-corrected chi connectivity index (χ0v) is 16.0. The van der Waals surface area contributed by atoms with Crippen molar-refractivity contribution >= 4 is 33.5 Å². The Morgan fingerprint density at radius 1 is 1.26 bits per heavy atom. The van der Waals surface area contributed by atoms with Crippen molar-refractivity contribution < 1.29 is 9.90 Å². The van der Waals surface area contributed by atoms with E-state index in [1.807, 2.05) is 45.0 Å². The molecule has 0 saturated carbocycles. The van der Waals surface area contributed by atoms with Crippen molar-refractivity contribution in [1.82, 2.24) is 15.0 Å². The van der Waals surface area contributed by atoms with Gasteiger partial charge < -0.3 is 10.4 Å². The van der Waals surface area contributed by atoms with E-state index in [1.165, 1.54) is 17.5 Å². The number of nitrogens with zero attached hydrogens (tertiary/aromatic N) is 4. The van der Waals surface area contributed by atoms with Crippen LogP contribution in [0.3, 0.4) is 0 Å². The molecule has 2 N–H and O–H groups in total. The standard InChI is InChI=1S/C19H19N5O2S/c1-19(2,3)15(17(25)26)24-18-21-9-8-12(23-18)11(10-20)16-22-13-6-4-5-7-14(13)27-16/h4-9,11,15H,1-3H3,(H,25,26)(H,21,23,24). The summed E-state index contributed by atoms with van der Waals surface area (Å²) in [5.74, 6) is -1.46. The van der Waals surface area contributed by atoms with Gasteiger partial charge in [0.05, 0.1) is 22.0 Å². The number of para-hydroxylation sites is 1. The number of fused-ring (bicyclic) bond motifs is 1. The molecule has 1 aromatic carbocycles. The maximum absolute atomic E-state index is 11.6. The monoisotopic (exact) mass is 381 g/mol. The third kappa shape index (κ3) is 4.04. The van der Waals surface area contributed by atoms with Gasteiger partial charge in [-0.25, -0.2) is 19.7 Å². The number of aliphatic carboxylic acids is 1. The van der Waals surface area contributed by atoms with Crippen molar-refractivity contribution in [3.8, 4) is 6.07 Å². The lowest BCUT2D eigenvalue weighted by Crippen LogP contribution is -2.41. The summed E-state index contributed by atoms with van der Waals surface area (Å²) in [6.45, 7) is 5.46. The summed E-state index contributed by atoms with van der Waals surface area (Å²) < 4.78 is 0.999. The Balaban J connectivity index is 1.93. The Morgan fingerprint density at radius 2 is 2.00 bits per heavy atom. The first-order valence-corrected chi connectivity index (χ1v) is 9.18. The molecule has 0 spiro atoms. The van der Waals surface area contributed by atoms with Gasteiger partial charge in [0.1, 0.15) is 17.0 Å². The molecule has 138 valence electrons. The number of benzene rings is 1. The number of thiazole rings is 1. The van der Waals surface area contributed by atoms with E-state index in [0.717, 1.165) is 10.2 Å². The van der Waals surface area contributed by atoms with Crippen molar-refractivity contribution in [2.24, 2.45) is 5.41 Å². The Hall–Kier alpha value is -3.05. The zero-order valence-electron chi connectivity index (χ0n) is 15.2. The molecule has 3 aromatic rings. The van der Waals surface area contributed by atoms with Gasteiger partial charge in [0.15, 0.2) is 0 Å². The minimum Gasteiger partial charge on any atom is -0.480 e. The fourth-order valence-corrected chi connectivity index (χ4v) is 3.67. The van der Waals surface area contributed by atoms with E-state index >= 15 is 0 Å². The second-order valence-electron chi connectivity index (χ2n) is 7.17. The van der Waals surface area contributed by atoms with Gasteiger partial charge in [-0.15, -0.1) is 11.3 Å². The van der Waals surface area contributed by atoms with Crippen LogP contribution in [0.5, 0.6) is 0 Å². The van der Waals surface area contributed by atoms with E-state index in [-0.39, 0.29) is 5.95 Å². The molecule has 2 heterocycles. The number of carbonyl (C=O) groups is 1. The second-order valence-corrected chi connectivity index (χ2v) is 8.23. The molecule has 0 saturated heterocycles. The molecule has 8 heteroatoms. The normalized spacial score (nSPS) is 13.7. The zero-order chi connectivity index (χ0) is 19.6.